The summed E-state index contributed by atoms with van der Waals surface area (Å²) >= 11 is 1.34. The van der Waals surface area contributed by atoms with Crippen molar-refractivity contribution in [2.45, 2.75) is 25.8 Å². The van der Waals surface area contributed by atoms with Gasteiger partial charge in [0.15, 0.2) is 11.6 Å². The molecular weight excluding hydrogens is 277 g/mol. The summed E-state index contributed by atoms with van der Waals surface area (Å²) in [6.07, 6.45) is 3.30. The van der Waals surface area contributed by atoms with Crippen molar-refractivity contribution in [3.05, 3.63) is 40.7 Å². The number of benzene rings is 1. The molecule has 0 spiro atoms. The van der Waals surface area contributed by atoms with E-state index >= 15 is 0 Å². The van der Waals surface area contributed by atoms with Crippen LogP contribution in [0.3, 0.4) is 0 Å². The molecule has 0 fully saturated rings. The molecular formula is C14H18FN3OS. The number of methoxy groups -OCH3 is 1. The maximum Gasteiger partial charge on any atom is 0.168 e. The lowest BCUT2D eigenvalue weighted by atomic mass is 10.0. The fraction of sp³-hybridized carbons (Fsp3) is 0.429. The van der Waals surface area contributed by atoms with Gasteiger partial charge in [-0.05, 0) is 42.5 Å². The molecule has 0 aliphatic rings. The molecule has 6 heteroatoms. The van der Waals surface area contributed by atoms with E-state index in [2.05, 4.69) is 21.8 Å². The molecule has 108 valence electrons. The molecule has 1 aromatic heterocycles. The smallest absolute Gasteiger partial charge is 0.168 e. The molecule has 1 atom stereocenters. The van der Waals surface area contributed by atoms with E-state index in [4.69, 9.17) is 4.74 Å². The Kier molecular flexibility index (Phi) is 5.43. The molecule has 2 rings (SSSR count). The lowest BCUT2D eigenvalue weighted by Crippen LogP contribution is -2.23. The van der Waals surface area contributed by atoms with Crippen molar-refractivity contribution >= 4 is 11.5 Å². The van der Waals surface area contributed by atoms with Crippen LogP contribution in [0.5, 0.6) is 5.75 Å². The number of nitrogens with one attached hydrogen (secondary N) is 1. The lowest BCUT2D eigenvalue weighted by Gasteiger charge is -2.17. The zero-order valence-electron chi connectivity index (χ0n) is 11.6. The summed E-state index contributed by atoms with van der Waals surface area (Å²) in [7, 11) is 1.47. The molecule has 0 radical (unpaired) electrons. The fourth-order valence-electron chi connectivity index (χ4n) is 2.01. The molecule has 0 amide bonds. The minimum absolute atomic E-state index is 0.0246. The minimum Gasteiger partial charge on any atom is -0.494 e. The number of ether oxygens (including phenoxy) is 1. The standard InChI is InChI=1S/C14H18FN3OS/c1-3-7-16-11(13-9-17-18-20-13)8-10-5-4-6-12(19-2)14(10)15/h4-6,9,11,16H,3,7-8H2,1-2H3. The third-order valence-electron chi connectivity index (χ3n) is 3.05. The van der Waals surface area contributed by atoms with Crippen LogP contribution in [0.2, 0.25) is 0 Å². The Morgan fingerprint density at radius 2 is 2.30 bits per heavy atom. The minimum atomic E-state index is -0.296. The SMILES string of the molecule is CCCNC(Cc1cccc(OC)c1F)c1cnns1. The van der Waals surface area contributed by atoms with Crippen LogP contribution in [0.1, 0.15) is 29.8 Å². The summed E-state index contributed by atoms with van der Waals surface area (Å²) in [5.41, 5.74) is 0.631. The van der Waals surface area contributed by atoms with Gasteiger partial charge in [-0.15, -0.1) is 5.10 Å². The summed E-state index contributed by atoms with van der Waals surface area (Å²) < 4.78 is 23.1. The van der Waals surface area contributed by atoms with Gasteiger partial charge < -0.3 is 10.1 Å². The van der Waals surface area contributed by atoms with E-state index in [-0.39, 0.29) is 17.6 Å². The quantitative estimate of drug-likeness (QED) is 0.853. The number of aromatic nitrogens is 2. The van der Waals surface area contributed by atoms with E-state index in [0.717, 1.165) is 17.8 Å². The first-order valence-corrected chi connectivity index (χ1v) is 7.35. The van der Waals surface area contributed by atoms with E-state index in [9.17, 15) is 4.39 Å². The molecule has 1 aromatic carbocycles. The van der Waals surface area contributed by atoms with Gasteiger partial charge in [-0.1, -0.05) is 23.5 Å². The Hall–Kier alpha value is -1.53. The zero-order chi connectivity index (χ0) is 14.4. The van der Waals surface area contributed by atoms with Crippen LogP contribution in [-0.2, 0) is 6.42 Å². The van der Waals surface area contributed by atoms with Crippen molar-refractivity contribution in [3.8, 4) is 5.75 Å². The first-order chi connectivity index (χ1) is 9.76. The Morgan fingerprint density at radius 1 is 1.45 bits per heavy atom. The lowest BCUT2D eigenvalue weighted by molar-refractivity contribution is 0.382. The van der Waals surface area contributed by atoms with Crippen molar-refractivity contribution in [3.63, 3.8) is 0 Å². The molecule has 0 saturated carbocycles. The maximum absolute atomic E-state index is 14.2. The third-order valence-corrected chi connectivity index (χ3v) is 3.83. The van der Waals surface area contributed by atoms with Crippen LogP contribution < -0.4 is 10.1 Å². The van der Waals surface area contributed by atoms with E-state index in [1.165, 1.54) is 18.6 Å². The molecule has 0 aliphatic heterocycles. The van der Waals surface area contributed by atoms with Gasteiger partial charge in [0.2, 0.25) is 0 Å². The highest BCUT2D eigenvalue weighted by molar-refractivity contribution is 7.05. The monoisotopic (exact) mass is 295 g/mol. The highest BCUT2D eigenvalue weighted by atomic mass is 32.1. The van der Waals surface area contributed by atoms with E-state index in [1.807, 2.05) is 0 Å². The number of nitrogens with zero attached hydrogens (tertiary/aromatic N) is 2. The number of hydrogen-bond donors (Lipinski definition) is 1. The van der Waals surface area contributed by atoms with Gasteiger partial charge in [0.25, 0.3) is 0 Å². The van der Waals surface area contributed by atoms with Crippen LogP contribution >= 0.6 is 11.5 Å². The first kappa shape index (κ1) is 14.9. The molecule has 2 aromatic rings. The van der Waals surface area contributed by atoms with Gasteiger partial charge >= 0.3 is 0 Å². The fourth-order valence-corrected chi connectivity index (χ4v) is 2.59. The van der Waals surface area contributed by atoms with Crippen LogP contribution in [0.15, 0.2) is 24.4 Å². The normalized spacial score (nSPS) is 12.3. The third kappa shape index (κ3) is 3.52. The topological polar surface area (TPSA) is 47.0 Å². The first-order valence-electron chi connectivity index (χ1n) is 6.58. The predicted octanol–water partition coefficient (Wildman–Crippen LogP) is 2.97. The molecule has 1 heterocycles. The Labute approximate surface area is 122 Å². The van der Waals surface area contributed by atoms with E-state index < -0.39 is 0 Å². The summed E-state index contributed by atoms with van der Waals surface area (Å²) in [6.45, 7) is 2.97. The molecule has 0 saturated heterocycles. The maximum atomic E-state index is 14.2. The van der Waals surface area contributed by atoms with Gasteiger partial charge in [-0.3, -0.25) is 0 Å². The van der Waals surface area contributed by atoms with Gasteiger partial charge in [0.05, 0.1) is 18.2 Å². The Balaban J connectivity index is 2.19. The summed E-state index contributed by atoms with van der Waals surface area (Å²) in [6, 6.07) is 5.24. The van der Waals surface area contributed by atoms with Crippen molar-refractivity contribution in [2.75, 3.05) is 13.7 Å². The van der Waals surface area contributed by atoms with Gasteiger partial charge in [-0.25, -0.2) is 4.39 Å². The number of rotatable bonds is 7. The van der Waals surface area contributed by atoms with Crippen LogP contribution in [0.4, 0.5) is 4.39 Å². The Morgan fingerprint density at radius 3 is 2.95 bits per heavy atom. The largest absolute Gasteiger partial charge is 0.494 e. The molecule has 0 aliphatic carbocycles. The predicted molar refractivity (Wildman–Crippen MR) is 77.6 cm³/mol. The van der Waals surface area contributed by atoms with E-state index in [0.29, 0.717) is 12.0 Å². The van der Waals surface area contributed by atoms with Crippen molar-refractivity contribution in [2.24, 2.45) is 0 Å². The van der Waals surface area contributed by atoms with Crippen LogP contribution in [0.25, 0.3) is 0 Å². The average Bonchev–Trinajstić information content (AvgIpc) is 2.99. The molecule has 0 bridgehead atoms. The average molecular weight is 295 g/mol. The van der Waals surface area contributed by atoms with Gasteiger partial charge in [-0.2, -0.15) is 0 Å². The molecule has 4 nitrogen and oxygen atoms in total. The van der Waals surface area contributed by atoms with Crippen molar-refractivity contribution < 1.29 is 9.13 Å². The van der Waals surface area contributed by atoms with Crippen molar-refractivity contribution in [1.29, 1.82) is 0 Å². The molecule has 20 heavy (non-hydrogen) atoms. The summed E-state index contributed by atoms with van der Waals surface area (Å²) in [5, 5.41) is 7.27. The molecule has 1 N–H and O–H groups in total. The summed E-state index contributed by atoms with van der Waals surface area (Å²) in [5.74, 6) is -0.0186. The van der Waals surface area contributed by atoms with Crippen LogP contribution in [0, 0.1) is 5.82 Å². The summed E-state index contributed by atoms with van der Waals surface area (Å²) in [4.78, 5) is 1.01. The van der Waals surface area contributed by atoms with Crippen molar-refractivity contribution in [1.82, 2.24) is 14.9 Å². The van der Waals surface area contributed by atoms with Gasteiger partial charge in [0, 0.05) is 6.04 Å². The highest BCUT2D eigenvalue weighted by Gasteiger charge is 2.17. The zero-order valence-corrected chi connectivity index (χ0v) is 12.4. The number of halogens is 1. The highest BCUT2D eigenvalue weighted by Crippen LogP contribution is 2.26. The van der Waals surface area contributed by atoms with Crippen LogP contribution in [-0.4, -0.2) is 23.2 Å². The molecule has 1 unspecified atom stereocenters. The number of hydrogen-bond acceptors (Lipinski definition) is 5. The van der Waals surface area contributed by atoms with Gasteiger partial charge in [0.1, 0.15) is 0 Å². The van der Waals surface area contributed by atoms with E-state index in [1.54, 1.807) is 24.4 Å². The second-order valence-electron chi connectivity index (χ2n) is 4.46. The second kappa shape index (κ2) is 7.31. The Bertz CT molecular complexity index is 533. The second-order valence-corrected chi connectivity index (χ2v) is 5.28.